The predicted octanol–water partition coefficient (Wildman–Crippen LogP) is 13.8. The van der Waals surface area contributed by atoms with Gasteiger partial charge in [0, 0.05) is 33.7 Å². The van der Waals surface area contributed by atoms with E-state index in [1.54, 1.807) is 0 Å². The Bertz CT molecular complexity index is 2890. The summed E-state index contributed by atoms with van der Waals surface area (Å²) in [5.74, 6) is 0.914. The average Bonchev–Trinajstić information content (AvgIpc) is 3.65. The number of benzene rings is 9. The van der Waals surface area contributed by atoms with E-state index in [4.69, 9.17) is 4.98 Å². The Hall–Kier alpha value is -7.23. The van der Waals surface area contributed by atoms with Gasteiger partial charge in [-0.2, -0.15) is 0 Å². The van der Waals surface area contributed by atoms with Crippen molar-refractivity contribution in [3.63, 3.8) is 0 Å². The van der Waals surface area contributed by atoms with Gasteiger partial charge in [-0.1, -0.05) is 140 Å². The van der Waals surface area contributed by atoms with E-state index in [-0.39, 0.29) is 0 Å². The van der Waals surface area contributed by atoms with Crippen LogP contribution in [0.4, 0.5) is 17.1 Å². The normalized spacial score (nSPS) is 11.3. The largest absolute Gasteiger partial charge is 0.311 e. The van der Waals surface area contributed by atoms with Gasteiger partial charge < -0.3 is 4.90 Å². The molecule has 0 aliphatic heterocycles. The van der Waals surface area contributed by atoms with Crippen molar-refractivity contribution in [3.8, 4) is 39.3 Å². The highest BCUT2D eigenvalue weighted by molar-refractivity contribution is 6.06. The molecule has 3 nitrogen and oxygen atoms in total. The summed E-state index contributed by atoms with van der Waals surface area (Å²) < 4.78 is 2.28. The van der Waals surface area contributed by atoms with Crippen molar-refractivity contribution in [2.24, 2.45) is 0 Å². The van der Waals surface area contributed by atoms with E-state index in [2.05, 4.69) is 222 Å². The van der Waals surface area contributed by atoms with Gasteiger partial charge in [-0.05, 0) is 111 Å². The highest BCUT2D eigenvalue weighted by Gasteiger charge is 2.18. The van der Waals surface area contributed by atoms with E-state index in [1.165, 1.54) is 38.4 Å². The Labute approximate surface area is 314 Å². The van der Waals surface area contributed by atoms with Crippen LogP contribution in [0.3, 0.4) is 0 Å². The van der Waals surface area contributed by atoms with E-state index in [0.717, 1.165) is 50.6 Å². The molecule has 0 amide bonds. The van der Waals surface area contributed by atoms with Crippen molar-refractivity contribution in [2.45, 2.75) is 0 Å². The second kappa shape index (κ2) is 13.4. The van der Waals surface area contributed by atoms with Crippen LogP contribution in [0.15, 0.2) is 212 Å². The van der Waals surface area contributed by atoms with E-state index < -0.39 is 0 Å². The minimum absolute atomic E-state index is 0.914. The number of hydrogen-bond donors (Lipinski definition) is 0. The van der Waals surface area contributed by atoms with Gasteiger partial charge in [-0.25, -0.2) is 4.98 Å². The van der Waals surface area contributed by atoms with Gasteiger partial charge in [-0.15, -0.1) is 0 Å². The maximum Gasteiger partial charge on any atom is 0.145 e. The van der Waals surface area contributed by atoms with Crippen LogP contribution in [0.1, 0.15) is 0 Å². The maximum absolute atomic E-state index is 5.32. The lowest BCUT2D eigenvalue weighted by atomic mass is 10.0. The van der Waals surface area contributed by atoms with Crippen molar-refractivity contribution in [2.75, 3.05) is 4.90 Å². The molecule has 0 saturated heterocycles. The van der Waals surface area contributed by atoms with Crippen molar-refractivity contribution < 1.29 is 0 Å². The molecule has 0 unspecified atom stereocenters. The summed E-state index contributed by atoms with van der Waals surface area (Å²) in [4.78, 5) is 7.65. The Morgan fingerprint density at radius 3 is 1.50 bits per heavy atom. The van der Waals surface area contributed by atoms with Gasteiger partial charge in [0.05, 0.1) is 11.0 Å². The molecule has 0 radical (unpaired) electrons. The number of aromatic nitrogens is 2. The molecule has 9 aromatic carbocycles. The summed E-state index contributed by atoms with van der Waals surface area (Å²) in [5.41, 5.74) is 12.2. The molecule has 54 heavy (non-hydrogen) atoms. The van der Waals surface area contributed by atoms with Crippen LogP contribution < -0.4 is 4.90 Å². The zero-order valence-corrected chi connectivity index (χ0v) is 29.5. The van der Waals surface area contributed by atoms with Crippen LogP contribution >= 0.6 is 0 Å². The molecule has 3 heteroatoms. The lowest BCUT2D eigenvalue weighted by Gasteiger charge is -2.26. The minimum atomic E-state index is 0.914. The standard InChI is InChI=1S/C51H35N3/c1-3-11-36(12-4-1)38-21-28-45(29-22-38)53(46-30-23-39(24-31-46)43-20-19-37-13-7-8-15-42(37)35-43)47-32-25-41(26-33-47)51-52-50-48-18-10-9-14-40(48)27-34-49(50)54(51)44-16-5-2-6-17-44/h1-35H. The summed E-state index contributed by atoms with van der Waals surface area (Å²) >= 11 is 0. The number of hydrogen-bond acceptors (Lipinski definition) is 2. The Morgan fingerprint density at radius 1 is 0.352 bits per heavy atom. The molecule has 0 aliphatic carbocycles. The first-order valence-corrected chi connectivity index (χ1v) is 18.4. The molecule has 0 fully saturated rings. The number of nitrogens with zero attached hydrogens (tertiary/aromatic N) is 3. The van der Waals surface area contributed by atoms with Crippen molar-refractivity contribution in [1.29, 1.82) is 0 Å². The van der Waals surface area contributed by atoms with E-state index >= 15 is 0 Å². The molecule has 10 aromatic rings. The molecule has 0 aliphatic rings. The van der Waals surface area contributed by atoms with Crippen molar-refractivity contribution >= 4 is 49.6 Å². The van der Waals surface area contributed by atoms with Crippen molar-refractivity contribution in [1.82, 2.24) is 9.55 Å². The van der Waals surface area contributed by atoms with E-state index in [0.29, 0.717) is 0 Å². The first-order chi connectivity index (χ1) is 26.8. The Balaban J connectivity index is 1.07. The lowest BCUT2D eigenvalue weighted by molar-refractivity contribution is 1.10. The molecule has 0 spiro atoms. The van der Waals surface area contributed by atoms with E-state index in [1.807, 2.05) is 0 Å². The third-order valence-electron chi connectivity index (χ3n) is 10.4. The van der Waals surface area contributed by atoms with E-state index in [9.17, 15) is 0 Å². The smallest absolute Gasteiger partial charge is 0.145 e. The molecule has 0 bridgehead atoms. The molecular weight excluding hydrogens is 655 g/mol. The van der Waals surface area contributed by atoms with Gasteiger partial charge >= 0.3 is 0 Å². The number of rotatable bonds is 7. The third-order valence-corrected chi connectivity index (χ3v) is 10.4. The third kappa shape index (κ3) is 5.69. The molecular formula is C51H35N3. The molecule has 0 saturated carbocycles. The van der Waals surface area contributed by atoms with Gasteiger partial charge in [0.1, 0.15) is 5.82 Å². The fraction of sp³-hybridized carbons (Fsp3) is 0. The summed E-state index contributed by atoms with van der Waals surface area (Å²) in [6.45, 7) is 0. The zero-order valence-electron chi connectivity index (χ0n) is 29.5. The van der Waals surface area contributed by atoms with Crippen molar-refractivity contribution in [3.05, 3.63) is 212 Å². The number of para-hydroxylation sites is 1. The van der Waals surface area contributed by atoms with Crippen LogP contribution in [-0.2, 0) is 0 Å². The van der Waals surface area contributed by atoms with Gasteiger partial charge in [0.15, 0.2) is 0 Å². The van der Waals surface area contributed by atoms with Crippen LogP contribution in [0.2, 0.25) is 0 Å². The summed E-state index contributed by atoms with van der Waals surface area (Å²) in [6.07, 6.45) is 0. The maximum atomic E-state index is 5.32. The summed E-state index contributed by atoms with van der Waals surface area (Å²) in [7, 11) is 0. The molecule has 0 N–H and O–H groups in total. The molecule has 1 heterocycles. The highest BCUT2D eigenvalue weighted by atomic mass is 15.1. The summed E-state index contributed by atoms with van der Waals surface area (Å²) in [5, 5.41) is 4.83. The quantitative estimate of drug-likeness (QED) is 0.166. The molecule has 254 valence electrons. The average molecular weight is 690 g/mol. The van der Waals surface area contributed by atoms with Crippen LogP contribution in [0, 0.1) is 0 Å². The minimum Gasteiger partial charge on any atom is -0.311 e. The Morgan fingerprint density at radius 2 is 0.833 bits per heavy atom. The molecule has 0 atom stereocenters. The number of anilines is 3. The monoisotopic (exact) mass is 689 g/mol. The number of fused-ring (bicyclic) bond motifs is 4. The van der Waals surface area contributed by atoms with Crippen LogP contribution in [-0.4, -0.2) is 9.55 Å². The topological polar surface area (TPSA) is 21.1 Å². The SMILES string of the molecule is c1ccc(-c2ccc(N(c3ccc(-c4ccc5ccccc5c4)cc3)c3ccc(-c4nc5c6ccccc6ccc5n4-c4ccccc4)cc3)cc2)cc1. The fourth-order valence-electron chi connectivity index (χ4n) is 7.66. The van der Waals surface area contributed by atoms with Crippen LogP contribution in [0.25, 0.3) is 71.9 Å². The first-order valence-electron chi connectivity index (χ1n) is 18.4. The second-order valence-corrected chi connectivity index (χ2v) is 13.7. The molecule has 1 aromatic heterocycles. The lowest BCUT2D eigenvalue weighted by Crippen LogP contribution is -2.10. The molecule has 10 rings (SSSR count). The van der Waals surface area contributed by atoms with Gasteiger partial charge in [0.25, 0.3) is 0 Å². The second-order valence-electron chi connectivity index (χ2n) is 13.7. The zero-order chi connectivity index (χ0) is 35.8. The predicted molar refractivity (Wildman–Crippen MR) is 227 cm³/mol. The number of imidazole rings is 1. The Kier molecular flexibility index (Phi) is 7.81. The fourth-order valence-corrected chi connectivity index (χ4v) is 7.66. The highest BCUT2D eigenvalue weighted by Crippen LogP contribution is 2.39. The van der Waals surface area contributed by atoms with Gasteiger partial charge in [-0.3, -0.25) is 4.57 Å². The first kappa shape index (κ1) is 31.5. The van der Waals surface area contributed by atoms with Gasteiger partial charge in [0.2, 0.25) is 0 Å². The summed E-state index contributed by atoms with van der Waals surface area (Å²) in [6, 6.07) is 75.7. The van der Waals surface area contributed by atoms with Crippen LogP contribution in [0.5, 0.6) is 0 Å².